The lowest BCUT2D eigenvalue weighted by Gasteiger charge is -2.26. The van der Waals surface area contributed by atoms with Gasteiger partial charge in [-0.15, -0.1) is 0 Å². The largest absolute Gasteiger partial charge is 0.383 e. The molecule has 0 amide bonds. The van der Waals surface area contributed by atoms with Gasteiger partial charge in [0, 0.05) is 32.7 Å². The Morgan fingerprint density at radius 2 is 1.95 bits per heavy atom. The second kappa shape index (κ2) is 8.20. The van der Waals surface area contributed by atoms with Crippen molar-refractivity contribution < 1.29 is 4.74 Å². The maximum Gasteiger partial charge on any atom is 0.0587 e. The molecule has 19 heavy (non-hydrogen) atoms. The summed E-state index contributed by atoms with van der Waals surface area (Å²) in [6.45, 7) is 10.0. The van der Waals surface area contributed by atoms with Crippen LogP contribution < -0.4 is 5.32 Å². The zero-order valence-corrected chi connectivity index (χ0v) is 15.1. The molecule has 0 spiro atoms. The standard InChI is InChI=1S/C15H26BrNOSi/c1-18-10-9-17-11-13(12-19(2,3)4)14-7-5-6-8-15(14)16/h5-8,13,17H,9-12H2,1-4H3. The molecule has 0 radical (unpaired) electrons. The number of halogens is 1. The molecular weight excluding hydrogens is 318 g/mol. The Labute approximate surface area is 127 Å². The number of hydrogen-bond donors (Lipinski definition) is 1. The van der Waals surface area contributed by atoms with Gasteiger partial charge in [0.05, 0.1) is 6.61 Å². The zero-order chi connectivity index (χ0) is 14.3. The van der Waals surface area contributed by atoms with Gasteiger partial charge in [0.15, 0.2) is 0 Å². The van der Waals surface area contributed by atoms with Gasteiger partial charge in [-0.05, 0) is 23.6 Å². The van der Waals surface area contributed by atoms with Crippen molar-refractivity contribution in [1.29, 1.82) is 0 Å². The Hall–Kier alpha value is -0.163. The van der Waals surface area contributed by atoms with Gasteiger partial charge < -0.3 is 10.1 Å². The fraction of sp³-hybridized carbons (Fsp3) is 0.600. The van der Waals surface area contributed by atoms with Crippen LogP contribution in [0.15, 0.2) is 28.7 Å². The van der Waals surface area contributed by atoms with E-state index in [1.807, 2.05) is 0 Å². The third-order valence-electron chi connectivity index (χ3n) is 3.08. The molecule has 1 unspecified atom stereocenters. The normalized spacial score (nSPS) is 13.5. The quantitative estimate of drug-likeness (QED) is 0.566. The lowest BCUT2D eigenvalue weighted by Crippen LogP contribution is -2.31. The smallest absolute Gasteiger partial charge is 0.0587 e. The Bertz CT molecular complexity index is 379. The van der Waals surface area contributed by atoms with E-state index in [4.69, 9.17) is 4.74 Å². The van der Waals surface area contributed by atoms with Gasteiger partial charge in [0.2, 0.25) is 0 Å². The van der Waals surface area contributed by atoms with Crippen molar-refractivity contribution in [3.05, 3.63) is 34.3 Å². The van der Waals surface area contributed by atoms with Crippen LogP contribution in [-0.2, 0) is 4.74 Å². The van der Waals surface area contributed by atoms with E-state index in [0.29, 0.717) is 5.92 Å². The molecule has 1 N–H and O–H groups in total. The molecular formula is C15H26BrNOSi. The molecule has 1 aromatic rings. The third kappa shape index (κ3) is 6.70. The third-order valence-corrected chi connectivity index (χ3v) is 5.52. The van der Waals surface area contributed by atoms with Gasteiger partial charge in [-0.2, -0.15) is 0 Å². The first kappa shape index (κ1) is 16.9. The molecule has 1 rings (SSSR count). The van der Waals surface area contributed by atoms with Gasteiger partial charge in [0.1, 0.15) is 0 Å². The number of rotatable bonds is 8. The highest BCUT2D eigenvalue weighted by Crippen LogP contribution is 2.31. The highest BCUT2D eigenvalue weighted by Gasteiger charge is 2.22. The molecule has 4 heteroatoms. The van der Waals surface area contributed by atoms with Crippen LogP contribution in [-0.4, -0.2) is 34.9 Å². The lowest BCUT2D eigenvalue weighted by atomic mass is 10.0. The van der Waals surface area contributed by atoms with E-state index in [9.17, 15) is 0 Å². The fourth-order valence-electron chi connectivity index (χ4n) is 2.29. The number of methoxy groups -OCH3 is 1. The molecule has 0 aliphatic rings. The summed E-state index contributed by atoms with van der Waals surface area (Å²) in [5.41, 5.74) is 1.43. The maximum absolute atomic E-state index is 5.09. The molecule has 2 nitrogen and oxygen atoms in total. The van der Waals surface area contributed by atoms with Gasteiger partial charge in [-0.1, -0.05) is 53.8 Å². The Balaban J connectivity index is 2.72. The first-order chi connectivity index (χ1) is 8.94. The number of hydrogen-bond acceptors (Lipinski definition) is 2. The van der Waals surface area contributed by atoms with Gasteiger partial charge in [-0.3, -0.25) is 0 Å². The highest BCUT2D eigenvalue weighted by molar-refractivity contribution is 9.10. The Kier molecular flexibility index (Phi) is 7.29. The SMILES string of the molecule is COCCNCC(C[Si](C)(C)C)c1ccccc1Br. The van der Waals surface area contributed by atoms with Crippen molar-refractivity contribution in [2.45, 2.75) is 31.6 Å². The van der Waals surface area contributed by atoms with E-state index in [-0.39, 0.29) is 0 Å². The minimum Gasteiger partial charge on any atom is -0.383 e. The Morgan fingerprint density at radius 1 is 1.26 bits per heavy atom. The lowest BCUT2D eigenvalue weighted by molar-refractivity contribution is 0.199. The molecule has 0 aromatic heterocycles. The van der Waals surface area contributed by atoms with Gasteiger partial charge >= 0.3 is 0 Å². The Morgan fingerprint density at radius 3 is 2.53 bits per heavy atom. The number of benzene rings is 1. The van der Waals surface area contributed by atoms with Gasteiger partial charge in [-0.25, -0.2) is 0 Å². The molecule has 1 aromatic carbocycles. The number of nitrogens with one attached hydrogen (secondary N) is 1. The molecule has 0 heterocycles. The van der Waals surface area contributed by atoms with Crippen LogP contribution in [0, 0.1) is 0 Å². The van der Waals surface area contributed by atoms with E-state index in [1.54, 1.807) is 7.11 Å². The van der Waals surface area contributed by atoms with Crippen LogP contribution in [0.3, 0.4) is 0 Å². The van der Waals surface area contributed by atoms with Crippen molar-refractivity contribution in [2.75, 3.05) is 26.8 Å². The van der Waals surface area contributed by atoms with E-state index >= 15 is 0 Å². The van der Waals surface area contributed by atoms with Crippen LogP contribution in [0.4, 0.5) is 0 Å². The second-order valence-corrected chi connectivity index (χ2v) is 12.6. The summed E-state index contributed by atoms with van der Waals surface area (Å²) in [5.74, 6) is 0.582. The van der Waals surface area contributed by atoms with Crippen molar-refractivity contribution in [1.82, 2.24) is 5.32 Å². The van der Waals surface area contributed by atoms with Crippen LogP contribution >= 0.6 is 15.9 Å². The number of ether oxygens (including phenoxy) is 1. The summed E-state index contributed by atoms with van der Waals surface area (Å²) in [6.07, 6.45) is 0. The summed E-state index contributed by atoms with van der Waals surface area (Å²) < 4.78 is 6.32. The van der Waals surface area contributed by atoms with Crippen LogP contribution in [0.2, 0.25) is 25.7 Å². The summed E-state index contributed by atoms with van der Waals surface area (Å²) in [4.78, 5) is 0. The molecule has 0 saturated heterocycles. The first-order valence-corrected chi connectivity index (χ1v) is 11.4. The summed E-state index contributed by atoms with van der Waals surface area (Å²) in [5, 5.41) is 3.51. The van der Waals surface area contributed by atoms with E-state index in [0.717, 1.165) is 19.7 Å². The molecule has 0 fully saturated rings. The first-order valence-electron chi connectivity index (χ1n) is 6.88. The zero-order valence-electron chi connectivity index (χ0n) is 12.5. The molecule has 0 aliphatic heterocycles. The fourth-order valence-corrected chi connectivity index (χ4v) is 4.74. The van der Waals surface area contributed by atoms with Crippen molar-refractivity contribution in [2.24, 2.45) is 0 Å². The van der Waals surface area contributed by atoms with Crippen molar-refractivity contribution in [3.63, 3.8) is 0 Å². The van der Waals surface area contributed by atoms with Crippen LogP contribution in [0.1, 0.15) is 11.5 Å². The minimum atomic E-state index is -1.09. The van der Waals surface area contributed by atoms with Crippen LogP contribution in [0.25, 0.3) is 0 Å². The molecule has 0 bridgehead atoms. The average molecular weight is 344 g/mol. The second-order valence-electron chi connectivity index (χ2n) is 6.18. The molecule has 0 saturated carbocycles. The monoisotopic (exact) mass is 343 g/mol. The maximum atomic E-state index is 5.09. The molecule has 1 atom stereocenters. The highest BCUT2D eigenvalue weighted by atomic mass is 79.9. The predicted molar refractivity (Wildman–Crippen MR) is 89.8 cm³/mol. The van der Waals surface area contributed by atoms with Gasteiger partial charge in [0.25, 0.3) is 0 Å². The average Bonchev–Trinajstić information content (AvgIpc) is 2.32. The van der Waals surface area contributed by atoms with Crippen molar-refractivity contribution >= 4 is 24.0 Å². The topological polar surface area (TPSA) is 21.3 Å². The molecule has 108 valence electrons. The summed E-state index contributed by atoms with van der Waals surface area (Å²) in [7, 11) is 0.658. The van der Waals surface area contributed by atoms with E-state index in [2.05, 4.69) is 65.2 Å². The summed E-state index contributed by atoms with van der Waals surface area (Å²) in [6, 6.07) is 9.90. The predicted octanol–water partition coefficient (Wildman–Crippen LogP) is 4.11. The molecule has 0 aliphatic carbocycles. The minimum absolute atomic E-state index is 0.582. The van der Waals surface area contributed by atoms with Crippen LogP contribution in [0.5, 0.6) is 0 Å². The van der Waals surface area contributed by atoms with Crippen molar-refractivity contribution in [3.8, 4) is 0 Å². The van der Waals surface area contributed by atoms with E-state index < -0.39 is 8.07 Å². The summed E-state index contributed by atoms with van der Waals surface area (Å²) >= 11 is 3.69. The van der Waals surface area contributed by atoms with E-state index in [1.165, 1.54) is 16.1 Å².